The van der Waals surface area contributed by atoms with Crippen LogP contribution in [0.5, 0.6) is 0 Å². The van der Waals surface area contributed by atoms with Gasteiger partial charge in [0.15, 0.2) is 0 Å². The highest BCUT2D eigenvalue weighted by atomic mass is 32.1. The molecule has 1 nitrogen and oxygen atoms in total. The fourth-order valence-electron chi connectivity index (χ4n) is 6.05. The highest BCUT2D eigenvalue weighted by Crippen LogP contribution is 2.47. The third-order valence-electron chi connectivity index (χ3n) is 7.73. The summed E-state index contributed by atoms with van der Waals surface area (Å²) in [4.78, 5) is 0. The summed E-state index contributed by atoms with van der Waals surface area (Å²) in [7, 11) is 0. The van der Waals surface area contributed by atoms with Gasteiger partial charge < -0.3 is 4.42 Å². The predicted octanol–water partition coefficient (Wildman–Crippen LogP) is 11.1. The fraction of sp³-hybridized carbons (Fsp3) is 0. The minimum Gasteiger partial charge on any atom is -0.456 e. The van der Waals surface area contributed by atoms with Crippen molar-refractivity contribution < 1.29 is 4.42 Å². The van der Waals surface area contributed by atoms with Crippen LogP contribution in [0.3, 0.4) is 0 Å². The Bertz CT molecular complexity index is 2360. The van der Waals surface area contributed by atoms with Crippen LogP contribution in [0.25, 0.3) is 84.9 Å². The van der Waals surface area contributed by atoms with Crippen molar-refractivity contribution in [3.05, 3.63) is 109 Å². The van der Waals surface area contributed by atoms with Gasteiger partial charge in [-0.15, -0.1) is 22.7 Å². The second-order valence-electron chi connectivity index (χ2n) is 9.70. The lowest BCUT2D eigenvalue weighted by Gasteiger charge is -2.12. The summed E-state index contributed by atoms with van der Waals surface area (Å²) in [6.45, 7) is 0. The van der Waals surface area contributed by atoms with Crippen molar-refractivity contribution >= 4 is 96.4 Å². The van der Waals surface area contributed by atoms with Gasteiger partial charge in [0, 0.05) is 52.0 Å². The number of hydrogen-bond acceptors (Lipinski definition) is 3. The van der Waals surface area contributed by atoms with E-state index in [0.29, 0.717) is 0 Å². The van der Waals surface area contributed by atoms with E-state index in [-0.39, 0.29) is 0 Å². The number of para-hydroxylation sites is 1. The number of benzene rings is 6. The largest absolute Gasteiger partial charge is 0.456 e. The Morgan fingerprint density at radius 3 is 2.16 bits per heavy atom. The second kappa shape index (κ2) is 7.19. The number of furan rings is 1. The molecule has 0 N–H and O–H groups in total. The zero-order valence-corrected chi connectivity index (χ0v) is 21.3. The van der Waals surface area contributed by atoms with Crippen molar-refractivity contribution in [2.75, 3.05) is 0 Å². The molecule has 3 aromatic heterocycles. The molecule has 0 fully saturated rings. The monoisotopic (exact) mass is 506 g/mol. The number of rotatable bonds is 1. The van der Waals surface area contributed by atoms with E-state index in [1.807, 2.05) is 28.7 Å². The van der Waals surface area contributed by atoms with Gasteiger partial charge in [-0.05, 0) is 63.5 Å². The average Bonchev–Trinajstić information content (AvgIpc) is 3.64. The highest BCUT2D eigenvalue weighted by Gasteiger charge is 2.18. The molecule has 0 aliphatic heterocycles. The minimum atomic E-state index is 0.938. The quantitative estimate of drug-likeness (QED) is 0.202. The van der Waals surface area contributed by atoms with E-state index in [2.05, 4.69) is 102 Å². The maximum absolute atomic E-state index is 6.31. The molecule has 9 rings (SSSR count). The summed E-state index contributed by atoms with van der Waals surface area (Å²) in [5, 5.41) is 13.8. The molecule has 3 heteroatoms. The molecule has 0 radical (unpaired) electrons. The second-order valence-corrected chi connectivity index (χ2v) is 11.7. The van der Waals surface area contributed by atoms with E-state index < -0.39 is 0 Å². The third kappa shape index (κ3) is 2.68. The Labute approximate surface area is 219 Å². The average molecular weight is 507 g/mol. The molecule has 37 heavy (non-hydrogen) atoms. The van der Waals surface area contributed by atoms with Crippen molar-refractivity contribution in [1.82, 2.24) is 0 Å². The van der Waals surface area contributed by atoms with Crippen LogP contribution < -0.4 is 0 Å². The first-order valence-electron chi connectivity index (χ1n) is 12.4. The van der Waals surface area contributed by atoms with Crippen LogP contribution in [-0.2, 0) is 0 Å². The molecule has 3 heterocycles. The lowest BCUT2D eigenvalue weighted by Crippen LogP contribution is -1.85. The normalized spacial score (nSPS) is 12.3. The molecule has 172 valence electrons. The Morgan fingerprint density at radius 1 is 0.486 bits per heavy atom. The summed E-state index contributed by atoms with van der Waals surface area (Å²) in [6, 6.07) is 37.5. The van der Waals surface area contributed by atoms with E-state index in [4.69, 9.17) is 4.42 Å². The molecule has 0 amide bonds. The van der Waals surface area contributed by atoms with Crippen LogP contribution >= 0.6 is 22.7 Å². The molecular formula is C34H18OS2. The van der Waals surface area contributed by atoms with Crippen molar-refractivity contribution in [1.29, 1.82) is 0 Å². The van der Waals surface area contributed by atoms with E-state index in [1.54, 1.807) is 0 Å². The maximum atomic E-state index is 6.31. The smallest absolute Gasteiger partial charge is 0.136 e. The topological polar surface area (TPSA) is 13.1 Å². The van der Waals surface area contributed by atoms with Gasteiger partial charge >= 0.3 is 0 Å². The lowest BCUT2D eigenvalue weighted by molar-refractivity contribution is 0.669. The van der Waals surface area contributed by atoms with Crippen molar-refractivity contribution in [2.24, 2.45) is 0 Å². The molecular weight excluding hydrogens is 489 g/mol. The zero-order chi connectivity index (χ0) is 24.1. The van der Waals surface area contributed by atoms with Crippen molar-refractivity contribution in [3.63, 3.8) is 0 Å². The van der Waals surface area contributed by atoms with Gasteiger partial charge in [0.1, 0.15) is 11.2 Å². The molecule has 0 atom stereocenters. The first-order chi connectivity index (χ1) is 18.3. The van der Waals surface area contributed by atoms with Gasteiger partial charge in [-0.3, -0.25) is 0 Å². The first kappa shape index (κ1) is 19.9. The van der Waals surface area contributed by atoms with Gasteiger partial charge in [0.25, 0.3) is 0 Å². The molecule has 0 saturated carbocycles. The summed E-state index contributed by atoms with van der Waals surface area (Å²) in [5.41, 5.74) is 4.47. The van der Waals surface area contributed by atoms with Crippen molar-refractivity contribution in [2.45, 2.75) is 0 Å². The van der Waals surface area contributed by atoms with Gasteiger partial charge in [0.05, 0.1) is 0 Å². The zero-order valence-electron chi connectivity index (χ0n) is 19.6. The third-order valence-corrected chi connectivity index (χ3v) is 9.89. The van der Waals surface area contributed by atoms with Crippen molar-refractivity contribution in [3.8, 4) is 11.1 Å². The van der Waals surface area contributed by atoms with Crippen LogP contribution in [0.4, 0.5) is 0 Å². The fourth-order valence-corrected chi connectivity index (χ4v) is 8.27. The molecule has 0 spiro atoms. The Kier molecular flexibility index (Phi) is 3.88. The van der Waals surface area contributed by atoms with Gasteiger partial charge in [-0.25, -0.2) is 0 Å². The molecule has 0 unspecified atom stereocenters. The summed E-state index contributed by atoms with van der Waals surface area (Å²) in [5.74, 6) is 0. The van der Waals surface area contributed by atoms with Crippen LogP contribution in [0.1, 0.15) is 0 Å². The number of fused-ring (bicyclic) bond motifs is 11. The summed E-state index contributed by atoms with van der Waals surface area (Å²) >= 11 is 3.73. The van der Waals surface area contributed by atoms with E-state index in [0.717, 1.165) is 11.2 Å². The van der Waals surface area contributed by atoms with Gasteiger partial charge in [-0.2, -0.15) is 0 Å². The predicted molar refractivity (Wildman–Crippen MR) is 162 cm³/mol. The molecule has 9 aromatic rings. The number of hydrogen-bond donors (Lipinski definition) is 0. The highest BCUT2D eigenvalue weighted by molar-refractivity contribution is 7.26. The summed E-state index contributed by atoms with van der Waals surface area (Å²) in [6.07, 6.45) is 0. The Hall–Kier alpha value is -4.18. The van der Waals surface area contributed by atoms with Crippen LogP contribution in [0.15, 0.2) is 113 Å². The van der Waals surface area contributed by atoms with Gasteiger partial charge in [0.2, 0.25) is 0 Å². The van der Waals surface area contributed by atoms with E-state index >= 15 is 0 Å². The van der Waals surface area contributed by atoms with Crippen LogP contribution in [-0.4, -0.2) is 0 Å². The maximum Gasteiger partial charge on any atom is 0.136 e. The Morgan fingerprint density at radius 2 is 1.24 bits per heavy atom. The molecule has 0 saturated heterocycles. The first-order valence-corrected chi connectivity index (χ1v) is 14.1. The van der Waals surface area contributed by atoms with Crippen LogP contribution in [0.2, 0.25) is 0 Å². The summed E-state index contributed by atoms with van der Waals surface area (Å²) < 4.78 is 10.3. The number of thiophene rings is 2. The lowest BCUT2D eigenvalue weighted by atomic mass is 9.91. The Balaban J connectivity index is 1.53. The van der Waals surface area contributed by atoms with Crippen LogP contribution in [0, 0.1) is 0 Å². The molecule has 0 aliphatic carbocycles. The molecule has 0 aliphatic rings. The standard InChI is InChI=1S/C34H18OS2/c1-4-10-29-20(7-1)27-17-25-19(16-30(27)35-29)15-26(28-18-36-31-11-5-2-9-22(28)31)23-13-14-24-21-8-3-6-12-32(21)37-34(24)33(23)25/h1-18H. The SMILES string of the molecule is c1ccc2c(c1)oc1cc3cc(-c4csc5ccccc45)c4ccc5c6ccccc6sc5c4c3cc12. The van der Waals surface area contributed by atoms with E-state index in [1.165, 1.54) is 73.7 Å². The minimum absolute atomic E-state index is 0.938. The molecule has 0 bridgehead atoms. The van der Waals surface area contributed by atoms with Gasteiger partial charge in [-0.1, -0.05) is 66.7 Å². The molecule has 6 aromatic carbocycles. The van der Waals surface area contributed by atoms with E-state index in [9.17, 15) is 0 Å².